The molecule has 0 saturated carbocycles. The molecule has 25 heavy (non-hydrogen) atoms. The summed E-state index contributed by atoms with van der Waals surface area (Å²) >= 11 is 6.04. The van der Waals surface area contributed by atoms with Crippen molar-refractivity contribution in [1.82, 2.24) is 4.90 Å². The number of benzene rings is 2. The van der Waals surface area contributed by atoms with Gasteiger partial charge in [-0.3, -0.25) is 19.8 Å². The van der Waals surface area contributed by atoms with Crippen molar-refractivity contribution in [3.8, 4) is 0 Å². The van der Waals surface area contributed by atoms with Crippen molar-refractivity contribution in [3.63, 3.8) is 0 Å². The minimum atomic E-state index is -0.523. The first-order valence-corrected chi connectivity index (χ1v) is 8.39. The molecule has 1 heterocycles. The van der Waals surface area contributed by atoms with E-state index in [-0.39, 0.29) is 22.7 Å². The molecule has 0 aliphatic carbocycles. The lowest BCUT2D eigenvalue weighted by Crippen LogP contribution is -2.44. The number of rotatable bonds is 4. The number of carbonyl (C=O) groups is 1. The van der Waals surface area contributed by atoms with Crippen molar-refractivity contribution in [2.24, 2.45) is 0 Å². The minimum Gasteiger partial charge on any atom is -0.323 e. The Hall–Kier alpha value is -2.44. The summed E-state index contributed by atoms with van der Waals surface area (Å²) in [5.74, 6) is -0.185. The van der Waals surface area contributed by atoms with Crippen molar-refractivity contribution < 1.29 is 9.72 Å². The topological polar surface area (TPSA) is 75.5 Å². The van der Waals surface area contributed by atoms with Crippen LogP contribution in [-0.4, -0.2) is 28.3 Å². The summed E-state index contributed by atoms with van der Waals surface area (Å²) in [5, 5.41) is 13.7. The van der Waals surface area contributed by atoms with E-state index in [1.54, 1.807) is 0 Å². The molecule has 1 N–H and O–H groups in total. The third kappa shape index (κ3) is 3.81. The molecule has 0 saturated heterocycles. The highest BCUT2D eigenvalue weighted by Crippen LogP contribution is 2.27. The van der Waals surface area contributed by atoms with Crippen LogP contribution < -0.4 is 5.32 Å². The lowest BCUT2D eigenvalue weighted by atomic mass is 9.99. The number of anilines is 1. The summed E-state index contributed by atoms with van der Waals surface area (Å²) in [4.78, 5) is 24.9. The maximum Gasteiger partial charge on any atom is 0.271 e. The largest absolute Gasteiger partial charge is 0.323 e. The highest BCUT2D eigenvalue weighted by Gasteiger charge is 2.25. The van der Waals surface area contributed by atoms with Crippen LogP contribution in [0.4, 0.5) is 11.4 Å². The summed E-state index contributed by atoms with van der Waals surface area (Å²) in [6, 6.07) is 11.9. The van der Waals surface area contributed by atoms with Crippen LogP contribution in [0.3, 0.4) is 0 Å². The zero-order valence-corrected chi connectivity index (χ0v) is 14.5. The number of hydrogen-bond acceptors (Lipinski definition) is 4. The number of nitro groups is 1. The molecule has 0 spiro atoms. The second kappa shape index (κ2) is 7.21. The molecular formula is C18H18ClN3O3. The number of carbonyl (C=O) groups excluding carboxylic acids is 1. The van der Waals surface area contributed by atoms with Gasteiger partial charge in [0, 0.05) is 25.2 Å². The highest BCUT2D eigenvalue weighted by molar-refractivity contribution is 6.34. The molecule has 0 fully saturated rings. The zero-order valence-electron chi connectivity index (χ0n) is 13.7. The Balaban J connectivity index is 1.68. The van der Waals surface area contributed by atoms with Gasteiger partial charge in [0.15, 0.2) is 0 Å². The molecule has 0 bridgehead atoms. The number of halogens is 1. The van der Waals surface area contributed by atoms with Crippen molar-refractivity contribution in [3.05, 3.63) is 68.7 Å². The summed E-state index contributed by atoms with van der Waals surface area (Å²) in [5.41, 5.74) is 2.83. The molecule has 2 aromatic rings. The van der Waals surface area contributed by atoms with Crippen molar-refractivity contribution in [1.29, 1.82) is 0 Å². The SMILES string of the molecule is C[C@@H](C(=O)Nc1ccc([N+](=O)[O-])cc1Cl)N1CCc2ccccc2C1. The van der Waals surface area contributed by atoms with Gasteiger partial charge in [0.1, 0.15) is 0 Å². The molecule has 1 aliphatic rings. The van der Waals surface area contributed by atoms with Crippen LogP contribution in [0.5, 0.6) is 0 Å². The summed E-state index contributed by atoms with van der Waals surface area (Å²) in [6.07, 6.45) is 0.909. The Bertz CT molecular complexity index is 825. The average molecular weight is 360 g/mol. The van der Waals surface area contributed by atoms with E-state index in [0.29, 0.717) is 5.69 Å². The molecule has 7 heteroatoms. The fourth-order valence-electron chi connectivity index (χ4n) is 2.97. The molecule has 2 aromatic carbocycles. The second-order valence-corrected chi connectivity index (χ2v) is 6.48. The zero-order chi connectivity index (χ0) is 18.0. The monoisotopic (exact) mass is 359 g/mol. The third-order valence-corrected chi connectivity index (χ3v) is 4.82. The van der Waals surface area contributed by atoms with E-state index >= 15 is 0 Å². The van der Waals surface area contributed by atoms with Crippen LogP contribution >= 0.6 is 11.6 Å². The Morgan fingerprint density at radius 3 is 2.68 bits per heavy atom. The normalized spacial score (nSPS) is 15.3. The second-order valence-electron chi connectivity index (χ2n) is 6.08. The van der Waals surface area contributed by atoms with E-state index in [4.69, 9.17) is 11.6 Å². The molecule has 1 amide bonds. The lowest BCUT2D eigenvalue weighted by Gasteiger charge is -2.32. The van der Waals surface area contributed by atoms with Crippen molar-refractivity contribution in [2.75, 3.05) is 11.9 Å². The third-order valence-electron chi connectivity index (χ3n) is 4.51. The number of nitrogens with zero attached hydrogens (tertiary/aromatic N) is 2. The number of nitrogens with one attached hydrogen (secondary N) is 1. The van der Waals surface area contributed by atoms with Crippen LogP contribution in [0, 0.1) is 10.1 Å². The van der Waals surface area contributed by atoms with E-state index in [9.17, 15) is 14.9 Å². The van der Waals surface area contributed by atoms with Crippen molar-refractivity contribution in [2.45, 2.75) is 25.9 Å². The standard InChI is InChI=1S/C18H18ClN3O3/c1-12(21-9-8-13-4-2-3-5-14(13)11-21)18(23)20-17-7-6-15(22(24)25)10-16(17)19/h2-7,10,12H,8-9,11H2,1H3,(H,20,23)/t12-/m0/s1. The average Bonchev–Trinajstić information content (AvgIpc) is 2.62. The molecule has 130 valence electrons. The first kappa shape index (κ1) is 17.4. The fraction of sp³-hybridized carbons (Fsp3) is 0.278. The molecule has 0 unspecified atom stereocenters. The Kier molecular flexibility index (Phi) is 5.01. The number of amides is 1. The van der Waals surface area contributed by atoms with Gasteiger partial charge in [-0.1, -0.05) is 35.9 Å². The first-order chi connectivity index (χ1) is 12.0. The summed E-state index contributed by atoms with van der Waals surface area (Å²) < 4.78 is 0. The highest BCUT2D eigenvalue weighted by atomic mass is 35.5. The van der Waals surface area contributed by atoms with E-state index in [1.807, 2.05) is 19.1 Å². The number of nitro benzene ring substituents is 1. The van der Waals surface area contributed by atoms with Gasteiger partial charge in [-0.05, 0) is 30.5 Å². The molecule has 0 radical (unpaired) electrons. The number of non-ortho nitro benzene ring substituents is 1. The van der Waals surface area contributed by atoms with Gasteiger partial charge < -0.3 is 5.32 Å². The number of fused-ring (bicyclic) bond motifs is 1. The molecule has 6 nitrogen and oxygen atoms in total. The van der Waals surface area contributed by atoms with E-state index < -0.39 is 4.92 Å². The Labute approximate surface area is 150 Å². The van der Waals surface area contributed by atoms with Gasteiger partial charge in [0.2, 0.25) is 5.91 Å². The van der Waals surface area contributed by atoms with Gasteiger partial charge in [0.25, 0.3) is 5.69 Å². The van der Waals surface area contributed by atoms with Crippen LogP contribution in [0.25, 0.3) is 0 Å². The number of hydrogen-bond donors (Lipinski definition) is 1. The van der Waals surface area contributed by atoms with Crippen LogP contribution in [0.1, 0.15) is 18.1 Å². The lowest BCUT2D eigenvalue weighted by molar-refractivity contribution is -0.384. The van der Waals surface area contributed by atoms with Gasteiger partial charge in [0.05, 0.1) is 21.7 Å². The summed E-state index contributed by atoms with van der Waals surface area (Å²) in [7, 11) is 0. The Morgan fingerprint density at radius 2 is 2.00 bits per heavy atom. The maximum absolute atomic E-state index is 12.5. The molecule has 3 rings (SSSR count). The van der Waals surface area contributed by atoms with Gasteiger partial charge >= 0.3 is 0 Å². The smallest absolute Gasteiger partial charge is 0.271 e. The van der Waals surface area contributed by atoms with E-state index in [0.717, 1.165) is 19.5 Å². The predicted molar refractivity (Wildman–Crippen MR) is 96.8 cm³/mol. The molecule has 1 atom stereocenters. The van der Waals surface area contributed by atoms with E-state index in [1.165, 1.54) is 29.3 Å². The first-order valence-electron chi connectivity index (χ1n) is 8.01. The van der Waals surface area contributed by atoms with Gasteiger partial charge in [-0.2, -0.15) is 0 Å². The molecular weight excluding hydrogens is 342 g/mol. The fourth-order valence-corrected chi connectivity index (χ4v) is 3.19. The predicted octanol–water partition coefficient (Wildman–Crippen LogP) is 3.63. The Morgan fingerprint density at radius 1 is 1.28 bits per heavy atom. The summed E-state index contributed by atoms with van der Waals surface area (Å²) in [6.45, 7) is 3.38. The quantitative estimate of drug-likeness (QED) is 0.668. The minimum absolute atomic E-state index is 0.108. The molecule has 0 aromatic heterocycles. The van der Waals surface area contributed by atoms with Crippen LogP contribution in [0.15, 0.2) is 42.5 Å². The van der Waals surface area contributed by atoms with Crippen LogP contribution in [-0.2, 0) is 17.8 Å². The van der Waals surface area contributed by atoms with Crippen molar-refractivity contribution >= 4 is 28.9 Å². The molecule has 1 aliphatic heterocycles. The maximum atomic E-state index is 12.5. The van der Waals surface area contributed by atoms with Gasteiger partial charge in [-0.15, -0.1) is 0 Å². The van der Waals surface area contributed by atoms with Crippen LogP contribution in [0.2, 0.25) is 5.02 Å². The van der Waals surface area contributed by atoms with Gasteiger partial charge in [-0.25, -0.2) is 0 Å². The van der Waals surface area contributed by atoms with E-state index in [2.05, 4.69) is 22.3 Å².